The van der Waals surface area contributed by atoms with E-state index < -0.39 is 0 Å². The van der Waals surface area contributed by atoms with Gasteiger partial charge in [-0.1, -0.05) is 124 Å². The molecule has 0 saturated carbocycles. The number of ether oxygens (including phenoxy) is 1. The molecule has 3 unspecified atom stereocenters. The third-order valence-corrected chi connectivity index (χ3v) is 6.79. The normalized spacial score (nSPS) is 13.8. The summed E-state index contributed by atoms with van der Waals surface area (Å²) in [6.45, 7) is 9.62. The lowest BCUT2D eigenvalue weighted by atomic mass is 9.81. The van der Waals surface area contributed by atoms with Crippen LogP contribution in [0, 0.1) is 0 Å². The van der Waals surface area contributed by atoms with Crippen LogP contribution in [0.15, 0.2) is 103 Å². The highest BCUT2D eigenvalue weighted by Gasteiger charge is 2.24. The van der Waals surface area contributed by atoms with Crippen LogP contribution in [-0.4, -0.2) is 6.61 Å². The van der Waals surface area contributed by atoms with Crippen molar-refractivity contribution >= 4 is 0 Å². The topological polar surface area (TPSA) is 9.23 Å². The predicted octanol–water partition coefficient (Wildman–Crippen LogP) is 8.54. The van der Waals surface area contributed by atoms with Gasteiger partial charge in [0.15, 0.2) is 0 Å². The van der Waals surface area contributed by atoms with Crippen molar-refractivity contribution in [3.8, 4) is 5.75 Å². The van der Waals surface area contributed by atoms with Crippen LogP contribution in [0.4, 0.5) is 0 Å². The van der Waals surface area contributed by atoms with Gasteiger partial charge in [-0.15, -0.1) is 0 Å². The van der Waals surface area contributed by atoms with Gasteiger partial charge in [-0.25, -0.2) is 0 Å². The quantitative estimate of drug-likeness (QED) is 0.270. The van der Waals surface area contributed by atoms with Gasteiger partial charge < -0.3 is 4.74 Å². The molecule has 4 aromatic carbocycles. The minimum Gasteiger partial charge on any atom is -0.493 e. The molecular weight excluding hydrogens is 400 g/mol. The zero-order chi connectivity index (χ0) is 23.2. The number of rotatable bonds is 8. The van der Waals surface area contributed by atoms with E-state index in [1.807, 2.05) is 0 Å². The van der Waals surface area contributed by atoms with Gasteiger partial charge in [-0.05, 0) is 29.2 Å². The van der Waals surface area contributed by atoms with E-state index in [4.69, 9.17) is 4.74 Å². The monoisotopic (exact) mass is 434 g/mol. The van der Waals surface area contributed by atoms with E-state index in [-0.39, 0.29) is 11.8 Å². The van der Waals surface area contributed by atoms with Crippen LogP contribution in [0.1, 0.15) is 78.8 Å². The van der Waals surface area contributed by atoms with Gasteiger partial charge in [0.2, 0.25) is 0 Å². The van der Waals surface area contributed by atoms with Crippen LogP contribution in [0.5, 0.6) is 5.75 Å². The molecule has 1 heteroatoms. The van der Waals surface area contributed by atoms with E-state index in [2.05, 4.69) is 131 Å². The summed E-state index contributed by atoms with van der Waals surface area (Å²) in [6.07, 6.45) is 0. The van der Waals surface area contributed by atoms with E-state index in [1.165, 1.54) is 33.4 Å². The van der Waals surface area contributed by atoms with Gasteiger partial charge in [0.05, 0.1) is 6.61 Å². The Bertz CT molecular complexity index is 1080. The maximum atomic E-state index is 6.39. The Labute approximate surface area is 199 Å². The van der Waals surface area contributed by atoms with Crippen LogP contribution >= 0.6 is 0 Å². The lowest BCUT2D eigenvalue weighted by Gasteiger charge is -2.26. The summed E-state index contributed by atoms with van der Waals surface area (Å²) in [5.41, 5.74) is 7.81. The van der Waals surface area contributed by atoms with Crippen LogP contribution < -0.4 is 4.74 Å². The fraction of sp³-hybridized carbons (Fsp3) is 0.250. The first-order valence-corrected chi connectivity index (χ1v) is 12.1. The molecule has 0 bridgehead atoms. The van der Waals surface area contributed by atoms with E-state index in [9.17, 15) is 0 Å². The Balaban J connectivity index is 1.91. The minimum absolute atomic E-state index is 0.234. The third-order valence-electron chi connectivity index (χ3n) is 6.79. The second-order valence-corrected chi connectivity index (χ2v) is 8.86. The molecule has 0 fully saturated rings. The van der Waals surface area contributed by atoms with Crippen LogP contribution in [0.2, 0.25) is 0 Å². The average molecular weight is 435 g/mol. The highest BCUT2D eigenvalue weighted by Crippen LogP contribution is 2.42. The molecule has 1 nitrogen and oxygen atoms in total. The smallest absolute Gasteiger partial charge is 0.126 e. The molecule has 4 rings (SSSR count). The van der Waals surface area contributed by atoms with Crippen molar-refractivity contribution in [2.75, 3.05) is 6.61 Å². The van der Waals surface area contributed by atoms with Gasteiger partial charge in [-0.3, -0.25) is 0 Å². The lowest BCUT2D eigenvalue weighted by molar-refractivity contribution is 0.331. The lowest BCUT2D eigenvalue weighted by Crippen LogP contribution is -2.10. The molecule has 0 spiro atoms. The van der Waals surface area contributed by atoms with Crippen molar-refractivity contribution in [3.63, 3.8) is 0 Å². The Morgan fingerprint density at radius 2 is 0.879 bits per heavy atom. The maximum Gasteiger partial charge on any atom is 0.126 e. The molecular formula is C32H34O. The Kier molecular flexibility index (Phi) is 7.29. The largest absolute Gasteiger partial charge is 0.493 e. The molecule has 0 N–H and O–H groups in total. The van der Waals surface area contributed by atoms with E-state index >= 15 is 0 Å². The van der Waals surface area contributed by atoms with Crippen LogP contribution in [-0.2, 0) is 0 Å². The molecule has 0 radical (unpaired) electrons. The van der Waals surface area contributed by atoms with E-state index in [0.717, 1.165) is 5.75 Å². The zero-order valence-electron chi connectivity index (χ0n) is 20.2. The number of benzene rings is 4. The molecule has 0 aliphatic rings. The Morgan fingerprint density at radius 3 is 1.24 bits per heavy atom. The Hall–Kier alpha value is -3.32. The molecule has 0 amide bonds. The molecule has 0 aliphatic carbocycles. The highest BCUT2D eigenvalue weighted by atomic mass is 16.5. The summed E-state index contributed by atoms with van der Waals surface area (Å²) in [5.74, 6) is 1.80. The molecule has 0 saturated heterocycles. The van der Waals surface area contributed by atoms with Crippen molar-refractivity contribution < 1.29 is 4.74 Å². The van der Waals surface area contributed by atoms with Gasteiger partial charge in [0.25, 0.3) is 0 Å². The number of hydrogen-bond donors (Lipinski definition) is 0. The van der Waals surface area contributed by atoms with Crippen LogP contribution in [0.3, 0.4) is 0 Å². The Morgan fingerprint density at radius 1 is 0.515 bits per heavy atom. The molecule has 4 aromatic rings. The van der Waals surface area contributed by atoms with Gasteiger partial charge in [-0.2, -0.15) is 0 Å². The second-order valence-electron chi connectivity index (χ2n) is 8.86. The molecule has 0 heterocycles. The van der Waals surface area contributed by atoms with Gasteiger partial charge in [0, 0.05) is 28.9 Å². The van der Waals surface area contributed by atoms with Crippen molar-refractivity contribution in [2.45, 2.75) is 45.4 Å². The standard InChI is InChI=1S/C32H34O/c1-5-33-32-30(24(3)27-17-11-7-12-18-27)21-29(23(2)26-15-9-6-10-16-26)22-31(32)25(4)28-19-13-8-14-20-28/h6-25H,5H2,1-4H3. The molecule has 0 aliphatic heterocycles. The van der Waals surface area contributed by atoms with Crippen molar-refractivity contribution in [1.82, 2.24) is 0 Å². The maximum absolute atomic E-state index is 6.39. The van der Waals surface area contributed by atoms with E-state index in [0.29, 0.717) is 12.5 Å². The first-order chi connectivity index (χ1) is 16.1. The highest BCUT2D eigenvalue weighted by molar-refractivity contribution is 5.54. The first kappa shape index (κ1) is 22.9. The molecule has 3 atom stereocenters. The summed E-state index contributed by atoms with van der Waals surface area (Å²) in [7, 11) is 0. The van der Waals surface area contributed by atoms with Crippen LogP contribution in [0.25, 0.3) is 0 Å². The van der Waals surface area contributed by atoms with Gasteiger partial charge >= 0.3 is 0 Å². The minimum atomic E-state index is 0.234. The first-order valence-electron chi connectivity index (χ1n) is 12.1. The SMILES string of the molecule is CCOc1c(C(C)c2ccccc2)cc(C(C)c2ccccc2)cc1C(C)c1ccccc1. The fourth-order valence-corrected chi connectivity index (χ4v) is 4.68. The summed E-state index contributed by atoms with van der Waals surface area (Å²) in [6, 6.07) is 37.0. The van der Waals surface area contributed by atoms with Crippen molar-refractivity contribution in [1.29, 1.82) is 0 Å². The summed E-state index contributed by atoms with van der Waals surface area (Å²) in [4.78, 5) is 0. The fourth-order valence-electron chi connectivity index (χ4n) is 4.68. The summed E-state index contributed by atoms with van der Waals surface area (Å²) >= 11 is 0. The second kappa shape index (κ2) is 10.5. The summed E-state index contributed by atoms with van der Waals surface area (Å²) < 4.78 is 6.39. The zero-order valence-corrected chi connectivity index (χ0v) is 20.2. The van der Waals surface area contributed by atoms with Crippen molar-refractivity contribution in [3.05, 3.63) is 137 Å². The molecule has 168 valence electrons. The number of hydrogen-bond acceptors (Lipinski definition) is 1. The molecule has 33 heavy (non-hydrogen) atoms. The molecule has 0 aromatic heterocycles. The van der Waals surface area contributed by atoms with E-state index in [1.54, 1.807) is 0 Å². The van der Waals surface area contributed by atoms with Gasteiger partial charge in [0.1, 0.15) is 5.75 Å². The summed E-state index contributed by atoms with van der Waals surface area (Å²) in [5, 5.41) is 0. The third kappa shape index (κ3) is 5.03. The van der Waals surface area contributed by atoms with Crippen molar-refractivity contribution in [2.24, 2.45) is 0 Å². The predicted molar refractivity (Wildman–Crippen MR) is 139 cm³/mol. The average Bonchev–Trinajstić information content (AvgIpc) is 2.89.